The first-order valence-corrected chi connectivity index (χ1v) is 7.79. The molecule has 3 heteroatoms. The molecule has 0 saturated carbocycles. The van der Waals surface area contributed by atoms with E-state index in [1.165, 1.54) is 23.2 Å². The number of hydrogen-bond acceptors (Lipinski definition) is 3. The summed E-state index contributed by atoms with van der Waals surface area (Å²) in [5, 5.41) is 2.22. The fourth-order valence-electron chi connectivity index (χ4n) is 2.88. The highest BCUT2D eigenvalue weighted by Gasteiger charge is 2.24. The maximum Gasteiger partial charge on any atom is 0.0525 e. The van der Waals surface area contributed by atoms with Crippen molar-refractivity contribution in [2.75, 3.05) is 18.0 Å². The number of anilines is 1. The molecular weight excluding hydrogens is 252 g/mol. The molecule has 0 radical (unpaired) electrons. The zero-order chi connectivity index (χ0) is 13.2. The van der Waals surface area contributed by atoms with Crippen LogP contribution in [0.5, 0.6) is 0 Å². The van der Waals surface area contributed by atoms with Crippen molar-refractivity contribution in [3.8, 4) is 0 Å². The minimum atomic E-state index is 0.482. The number of nitrogens with two attached hydrogens (primary N) is 1. The Morgan fingerprint density at radius 1 is 1.26 bits per heavy atom. The SMILES string of the molecule is CC1c2ccsc2CCN1c1ccc(CCN)cc1. The summed E-state index contributed by atoms with van der Waals surface area (Å²) in [6.07, 6.45) is 2.13. The molecule has 0 saturated heterocycles. The van der Waals surface area contributed by atoms with Gasteiger partial charge in [0.25, 0.3) is 0 Å². The van der Waals surface area contributed by atoms with Crippen LogP contribution in [-0.4, -0.2) is 13.1 Å². The topological polar surface area (TPSA) is 29.3 Å². The van der Waals surface area contributed by atoms with Gasteiger partial charge in [-0.1, -0.05) is 12.1 Å². The van der Waals surface area contributed by atoms with Gasteiger partial charge in [-0.25, -0.2) is 0 Å². The molecule has 1 aromatic heterocycles. The molecular formula is C16H20N2S. The van der Waals surface area contributed by atoms with Crippen molar-refractivity contribution in [1.29, 1.82) is 0 Å². The molecule has 2 nitrogen and oxygen atoms in total. The quantitative estimate of drug-likeness (QED) is 0.928. The molecule has 0 spiro atoms. The molecule has 0 bridgehead atoms. The van der Waals surface area contributed by atoms with Crippen molar-refractivity contribution >= 4 is 17.0 Å². The lowest BCUT2D eigenvalue weighted by atomic mass is 10.0. The minimum absolute atomic E-state index is 0.482. The Morgan fingerprint density at radius 2 is 2.05 bits per heavy atom. The van der Waals surface area contributed by atoms with Gasteiger partial charge in [0, 0.05) is 17.1 Å². The van der Waals surface area contributed by atoms with E-state index in [4.69, 9.17) is 5.73 Å². The van der Waals surface area contributed by atoms with Crippen molar-refractivity contribution in [3.05, 3.63) is 51.7 Å². The van der Waals surface area contributed by atoms with Gasteiger partial charge in [-0.2, -0.15) is 0 Å². The summed E-state index contributed by atoms with van der Waals surface area (Å²) in [6, 6.07) is 11.6. The Bertz CT molecular complexity index is 544. The van der Waals surface area contributed by atoms with Gasteiger partial charge in [-0.15, -0.1) is 11.3 Å². The molecule has 0 aliphatic carbocycles. The lowest BCUT2D eigenvalue weighted by Crippen LogP contribution is -2.33. The monoisotopic (exact) mass is 272 g/mol. The third kappa shape index (κ3) is 2.40. The van der Waals surface area contributed by atoms with E-state index in [2.05, 4.69) is 47.5 Å². The molecule has 1 unspecified atom stereocenters. The molecule has 0 fully saturated rings. The van der Waals surface area contributed by atoms with Crippen LogP contribution in [0.25, 0.3) is 0 Å². The summed E-state index contributed by atoms with van der Waals surface area (Å²) >= 11 is 1.89. The second-order valence-electron chi connectivity index (χ2n) is 5.12. The van der Waals surface area contributed by atoms with Crippen LogP contribution in [0.4, 0.5) is 5.69 Å². The maximum absolute atomic E-state index is 5.60. The van der Waals surface area contributed by atoms with Crippen LogP contribution in [0, 0.1) is 0 Å². The van der Waals surface area contributed by atoms with E-state index in [9.17, 15) is 0 Å². The van der Waals surface area contributed by atoms with Gasteiger partial charge in [-0.05, 0) is 61.0 Å². The highest BCUT2D eigenvalue weighted by atomic mass is 32.1. The van der Waals surface area contributed by atoms with Crippen molar-refractivity contribution < 1.29 is 0 Å². The normalized spacial score (nSPS) is 18.4. The molecule has 1 atom stereocenters. The van der Waals surface area contributed by atoms with Crippen LogP contribution in [0.1, 0.15) is 29.0 Å². The van der Waals surface area contributed by atoms with Crippen LogP contribution in [0.2, 0.25) is 0 Å². The first kappa shape index (κ1) is 12.7. The number of hydrogen-bond donors (Lipinski definition) is 1. The predicted molar refractivity (Wildman–Crippen MR) is 83.0 cm³/mol. The van der Waals surface area contributed by atoms with Crippen LogP contribution >= 0.6 is 11.3 Å². The van der Waals surface area contributed by atoms with Gasteiger partial charge in [0.05, 0.1) is 6.04 Å². The molecule has 2 heterocycles. The molecule has 100 valence electrons. The summed E-state index contributed by atoms with van der Waals surface area (Å²) < 4.78 is 0. The van der Waals surface area contributed by atoms with E-state index in [0.29, 0.717) is 6.04 Å². The highest BCUT2D eigenvalue weighted by Crippen LogP contribution is 2.35. The molecule has 1 aliphatic heterocycles. The fraction of sp³-hybridized carbons (Fsp3) is 0.375. The lowest BCUT2D eigenvalue weighted by Gasteiger charge is -2.35. The third-order valence-corrected chi connectivity index (χ3v) is 4.97. The molecule has 0 amide bonds. The second kappa shape index (κ2) is 5.35. The standard InChI is InChI=1S/C16H20N2S/c1-12-15-8-11-19-16(15)7-10-18(12)14-4-2-13(3-5-14)6-9-17/h2-5,8,11-12H,6-7,9-10,17H2,1H3. The van der Waals surface area contributed by atoms with Crippen molar-refractivity contribution in [2.24, 2.45) is 5.73 Å². The molecule has 2 N–H and O–H groups in total. The van der Waals surface area contributed by atoms with Gasteiger partial charge in [0.1, 0.15) is 0 Å². The van der Waals surface area contributed by atoms with Gasteiger partial charge >= 0.3 is 0 Å². The van der Waals surface area contributed by atoms with Crippen LogP contribution in [-0.2, 0) is 12.8 Å². The van der Waals surface area contributed by atoms with E-state index in [1.807, 2.05) is 11.3 Å². The van der Waals surface area contributed by atoms with Crippen LogP contribution in [0.3, 0.4) is 0 Å². The number of fused-ring (bicyclic) bond motifs is 1. The summed E-state index contributed by atoms with van der Waals surface area (Å²) in [5.41, 5.74) is 9.75. The smallest absolute Gasteiger partial charge is 0.0525 e. The van der Waals surface area contributed by atoms with Gasteiger partial charge in [0.15, 0.2) is 0 Å². The third-order valence-electron chi connectivity index (χ3n) is 3.98. The Hall–Kier alpha value is -1.32. The van der Waals surface area contributed by atoms with Crippen LogP contribution < -0.4 is 10.6 Å². The number of thiophene rings is 1. The number of benzene rings is 1. The van der Waals surface area contributed by atoms with E-state index in [1.54, 1.807) is 4.88 Å². The van der Waals surface area contributed by atoms with E-state index >= 15 is 0 Å². The van der Waals surface area contributed by atoms with Gasteiger partial charge < -0.3 is 10.6 Å². The van der Waals surface area contributed by atoms with Crippen molar-refractivity contribution in [1.82, 2.24) is 0 Å². The molecule has 19 heavy (non-hydrogen) atoms. The van der Waals surface area contributed by atoms with E-state index < -0.39 is 0 Å². The lowest BCUT2D eigenvalue weighted by molar-refractivity contribution is 0.633. The fourth-order valence-corrected chi connectivity index (χ4v) is 3.85. The Balaban J connectivity index is 1.83. The summed E-state index contributed by atoms with van der Waals surface area (Å²) in [4.78, 5) is 4.06. The van der Waals surface area contributed by atoms with Gasteiger partial charge in [0.2, 0.25) is 0 Å². The molecule has 3 rings (SSSR count). The number of nitrogens with zero attached hydrogens (tertiary/aromatic N) is 1. The average Bonchev–Trinajstić information content (AvgIpc) is 2.90. The zero-order valence-electron chi connectivity index (χ0n) is 11.3. The second-order valence-corrected chi connectivity index (χ2v) is 6.12. The van der Waals surface area contributed by atoms with E-state index in [0.717, 1.165) is 19.5 Å². The predicted octanol–water partition coefficient (Wildman–Crippen LogP) is 3.37. The molecule has 1 aromatic carbocycles. The summed E-state index contributed by atoms with van der Waals surface area (Å²) in [5.74, 6) is 0. The van der Waals surface area contributed by atoms with Gasteiger partial charge in [-0.3, -0.25) is 0 Å². The average molecular weight is 272 g/mol. The Morgan fingerprint density at radius 3 is 2.79 bits per heavy atom. The summed E-state index contributed by atoms with van der Waals surface area (Å²) in [6.45, 7) is 4.14. The number of rotatable bonds is 3. The highest BCUT2D eigenvalue weighted by molar-refractivity contribution is 7.10. The first-order chi connectivity index (χ1) is 9.29. The minimum Gasteiger partial charge on any atom is -0.364 e. The first-order valence-electron chi connectivity index (χ1n) is 6.91. The Labute approximate surface area is 118 Å². The molecule has 2 aromatic rings. The van der Waals surface area contributed by atoms with E-state index in [-0.39, 0.29) is 0 Å². The van der Waals surface area contributed by atoms with Crippen LogP contribution in [0.15, 0.2) is 35.7 Å². The Kier molecular flexibility index (Phi) is 3.58. The van der Waals surface area contributed by atoms with Crippen molar-refractivity contribution in [2.45, 2.75) is 25.8 Å². The summed E-state index contributed by atoms with van der Waals surface area (Å²) in [7, 11) is 0. The maximum atomic E-state index is 5.60. The molecule has 1 aliphatic rings. The van der Waals surface area contributed by atoms with Crippen molar-refractivity contribution in [3.63, 3.8) is 0 Å². The largest absolute Gasteiger partial charge is 0.364 e. The zero-order valence-corrected chi connectivity index (χ0v) is 12.1.